The van der Waals surface area contributed by atoms with Crippen LogP contribution < -0.4 is 15.9 Å². The Kier molecular flexibility index (Phi) is 6.24. The number of nitrogen functional groups attached to an aromatic ring is 1. The number of hydrogen-bond donors (Lipinski definition) is 2. The van der Waals surface area contributed by atoms with E-state index in [2.05, 4.69) is 15.5 Å². The van der Waals surface area contributed by atoms with Crippen molar-refractivity contribution in [2.24, 2.45) is 0 Å². The van der Waals surface area contributed by atoms with E-state index in [-0.39, 0.29) is 5.91 Å². The fourth-order valence-electron chi connectivity index (χ4n) is 3.06. The van der Waals surface area contributed by atoms with Gasteiger partial charge in [-0.3, -0.25) is 4.79 Å². The normalized spacial score (nSPS) is 11.8. The average Bonchev–Trinajstić information content (AvgIpc) is 3.42. The Morgan fingerprint density at radius 1 is 1.16 bits per heavy atom. The predicted octanol–water partition coefficient (Wildman–Crippen LogP) is 4.51. The molecular weight excluding hydrogens is 430 g/mol. The van der Waals surface area contributed by atoms with Gasteiger partial charge in [0.05, 0.1) is 17.7 Å². The monoisotopic (exact) mass is 451 g/mol. The maximum Gasteiger partial charge on any atom is 0.242 e. The summed E-state index contributed by atoms with van der Waals surface area (Å²) in [7, 11) is 1.58. The number of anilines is 1. The van der Waals surface area contributed by atoms with Gasteiger partial charge in [-0.25, -0.2) is 4.68 Å². The molecule has 158 valence electrons. The Labute approximate surface area is 188 Å². The van der Waals surface area contributed by atoms with Gasteiger partial charge in [-0.05, 0) is 41.6 Å². The summed E-state index contributed by atoms with van der Waals surface area (Å²) in [4.78, 5) is 14.3. The average molecular weight is 452 g/mol. The Bertz CT molecular complexity index is 1180. The molecule has 0 aliphatic rings. The molecule has 9 heteroatoms. The number of aromatic nitrogens is 3. The van der Waals surface area contributed by atoms with E-state index in [1.54, 1.807) is 7.11 Å². The first-order chi connectivity index (χ1) is 15.1. The van der Waals surface area contributed by atoms with E-state index in [4.69, 9.17) is 10.6 Å². The van der Waals surface area contributed by atoms with Gasteiger partial charge in [-0.2, -0.15) is 0 Å². The van der Waals surface area contributed by atoms with Gasteiger partial charge in [0, 0.05) is 0 Å². The molecule has 0 saturated carbocycles. The number of amides is 1. The van der Waals surface area contributed by atoms with Crippen LogP contribution in [0.2, 0.25) is 0 Å². The van der Waals surface area contributed by atoms with Crippen molar-refractivity contribution in [3.05, 3.63) is 77.2 Å². The first-order valence-corrected chi connectivity index (χ1v) is 11.2. The van der Waals surface area contributed by atoms with Gasteiger partial charge in [-0.1, -0.05) is 54.2 Å². The number of thioether (sulfide) groups is 1. The Morgan fingerprint density at radius 3 is 2.68 bits per heavy atom. The summed E-state index contributed by atoms with van der Waals surface area (Å²) in [6.07, 6.45) is 0. The van der Waals surface area contributed by atoms with Crippen LogP contribution in [0.3, 0.4) is 0 Å². The third kappa shape index (κ3) is 4.57. The quantitative estimate of drug-likeness (QED) is 0.317. The van der Waals surface area contributed by atoms with E-state index in [9.17, 15) is 4.79 Å². The van der Waals surface area contributed by atoms with Crippen molar-refractivity contribution in [2.75, 3.05) is 18.3 Å². The highest BCUT2D eigenvalue weighted by Gasteiger charge is 2.26. The highest BCUT2D eigenvalue weighted by atomic mass is 32.2. The Hall–Kier alpha value is -3.30. The van der Waals surface area contributed by atoms with Crippen molar-refractivity contribution in [1.82, 2.24) is 14.9 Å². The number of aryl methyl sites for hydroxylation is 1. The zero-order chi connectivity index (χ0) is 21.8. The number of ether oxygens (including phenoxy) is 1. The molecule has 31 heavy (non-hydrogen) atoms. The molecule has 4 aromatic rings. The lowest BCUT2D eigenvalue weighted by Crippen LogP contribution is -2.21. The number of methoxy groups -OCH3 is 1. The van der Waals surface area contributed by atoms with Gasteiger partial charge < -0.3 is 15.9 Å². The molecule has 0 bridgehead atoms. The summed E-state index contributed by atoms with van der Waals surface area (Å²) < 4.78 is 6.83. The van der Waals surface area contributed by atoms with Crippen LogP contribution in [0.25, 0.3) is 10.7 Å². The van der Waals surface area contributed by atoms with Crippen LogP contribution in [0.15, 0.2) is 71.2 Å². The maximum absolute atomic E-state index is 13.4. The first-order valence-electron chi connectivity index (χ1n) is 9.48. The lowest BCUT2D eigenvalue weighted by molar-refractivity contribution is -0.115. The third-order valence-electron chi connectivity index (χ3n) is 4.58. The molecule has 3 N–H and O–H groups in total. The largest absolute Gasteiger partial charge is 0.495 e. The van der Waals surface area contributed by atoms with Crippen molar-refractivity contribution in [3.8, 4) is 16.5 Å². The highest BCUT2D eigenvalue weighted by molar-refractivity contribution is 8.00. The topological polar surface area (TPSA) is 95.1 Å². The van der Waals surface area contributed by atoms with E-state index in [1.165, 1.54) is 27.8 Å². The Morgan fingerprint density at radius 2 is 1.97 bits per heavy atom. The molecule has 1 atom stereocenters. The number of nitrogens with one attached hydrogen (secondary N) is 1. The van der Waals surface area contributed by atoms with Gasteiger partial charge >= 0.3 is 0 Å². The van der Waals surface area contributed by atoms with Crippen LogP contribution in [0.5, 0.6) is 5.75 Å². The number of nitrogens with two attached hydrogens (primary N) is 1. The molecule has 1 amide bonds. The lowest BCUT2D eigenvalue weighted by Gasteiger charge is -2.18. The van der Waals surface area contributed by atoms with Crippen LogP contribution in [0, 0.1) is 6.92 Å². The van der Waals surface area contributed by atoms with E-state index < -0.39 is 5.25 Å². The molecule has 2 heterocycles. The van der Waals surface area contributed by atoms with Gasteiger partial charge in [0.2, 0.25) is 11.1 Å². The van der Waals surface area contributed by atoms with Crippen LogP contribution in [-0.2, 0) is 4.79 Å². The maximum atomic E-state index is 13.4. The first kappa shape index (κ1) is 21.0. The molecular formula is C22H21N5O2S2. The second-order valence-electron chi connectivity index (χ2n) is 6.76. The second-order valence-corrected chi connectivity index (χ2v) is 8.77. The minimum atomic E-state index is -0.589. The molecule has 0 spiro atoms. The van der Waals surface area contributed by atoms with Gasteiger partial charge in [0.1, 0.15) is 11.0 Å². The number of benzene rings is 2. The van der Waals surface area contributed by atoms with Crippen LogP contribution >= 0.6 is 23.1 Å². The summed E-state index contributed by atoms with van der Waals surface area (Å²) in [6, 6.07) is 19.0. The summed E-state index contributed by atoms with van der Waals surface area (Å²) in [5, 5.41) is 13.2. The van der Waals surface area contributed by atoms with Crippen molar-refractivity contribution in [2.45, 2.75) is 17.3 Å². The molecule has 0 aliphatic heterocycles. The molecule has 7 nitrogen and oxygen atoms in total. The summed E-state index contributed by atoms with van der Waals surface area (Å²) in [5.41, 5.74) is 2.46. The van der Waals surface area contributed by atoms with Crippen molar-refractivity contribution in [3.63, 3.8) is 0 Å². The number of carbonyl (C=O) groups excluding carboxylic acids is 1. The molecule has 0 fully saturated rings. The van der Waals surface area contributed by atoms with Gasteiger partial charge in [-0.15, -0.1) is 21.5 Å². The highest BCUT2D eigenvalue weighted by Crippen LogP contribution is 2.37. The van der Waals surface area contributed by atoms with E-state index in [0.29, 0.717) is 22.4 Å². The molecule has 0 aliphatic carbocycles. The fourth-order valence-corrected chi connectivity index (χ4v) is 4.72. The van der Waals surface area contributed by atoms with E-state index in [0.717, 1.165) is 16.0 Å². The molecule has 1 unspecified atom stereocenters. The number of thiophene rings is 1. The van der Waals surface area contributed by atoms with Gasteiger partial charge in [0.15, 0.2) is 5.82 Å². The molecule has 4 rings (SSSR count). The van der Waals surface area contributed by atoms with Crippen LogP contribution in [0.4, 0.5) is 5.69 Å². The molecule has 2 aromatic heterocycles. The standard InChI is InChI=1S/C22H21N5O2S2/c1-14-10-11-17(29-2)16(13-14)24-21(28)19(15-7-4-3-5-8-15)31-22-26-25-20(27(22)23)18-9-6-12-30-18/h3-13,19H,23H2,1-2H3,(H,24,28). The smallest absolute Gasteiger partial charge is 0.242 e. The molecule has 0 saturated heterocycles. The number of nitrogens with zero attached hydrogens (tertiary/aromatic N) is 3. The van der Waals surface area contributed by atoms with E-state index >= 15 is 0 Å². The molecule has 2 aromatic carbocycles. The van der Waals surface area contributed by atoms with Crippen molar-refractivity contribution < 1.29 is 9.53 Å². The van der Waals surface area contributed by atoms with Gasteiger partial charge in [0.25, 0.3) is 0 Å². The minimum Gasteiger partial charge on any atom is -0.495 e. The predicted molar refractivity (Wildman–Crippen MR) is 125 cm³/mol. The summed E-state index contributed by atoms with van der Waals surface area (Å²) in [5.74, 6) is 7.21. The summed E-state index contributed by atoms with van der Waals surface area (Å²) in [6.45, 7) is 1.96. The Balaban J connectivity index is 1.65. The van der Waals surface area contributed by atoms with Crippen molar-refractivity contribution >= 4 is 34.7 Å². The number of rotatable bonds is 7. The van der Waals surface area contributed by atoms with E-state index in [1.807, 2.05) is 73.0 Å². The number of carbonyl (C=O) groups is 1. The third-order valence-corrected chi connectivity index (χ3v) is 6.66. The fraction of sp³-hybridized carbons (Fsp3) is 0.136. The zero-order valence-corrected chi connectivity index (χ0v) is 18.6. The van der Waals surface area contributed by atoms with Crippen LogP contribution in [0.1, 0.15) is 16.4 Å². The summed E-state index contributed by atoms with van der Waals surface area (Å²) >= 11 is 2.77. The van der Waals surface area contributed by atoms with Crippen molar-refractivity contribution in [1.29, 1.82) is 0 Å². The number of hydrogen-bond acceptors (Lipinski definition) is 7. The SMILES string of the molecule is COc1ccc(C)cc1NC(=O)C(Sc1nnc(-c2cccs2)n1N)c1ccccc1. The minimum absolute atomic E-state index is 0.208. The second kappa shape index (κ2) is 9.23. The lowest BCUT2D eigenvalue weighted by atomic mass is 10.1. The molecule has 0 radical (unpaired) electrons. The van der Waals surface area contributed by atoms with Crippen LogP contribution in [-0.4, -0.2) is 27.9 Å². The zero-order valence-electron chi connectivity index (χ0n) is 17.0.